The smallest absolute Gasteiger partial charge is 0.310 e. The first-order valence-electron chi connectivity index (χ1n) is 9.34. The highest BCUT2D eigenvalue weighted by Gasteiger charge is 2.19. The lowest BCUT2D eigenvalue weighted by atomic mass is 10.1. The van der Waals surface area contributed by atoms with Gasteiger partial charge in [0.25, 0.3) is 0 Å². The summed E-state index contributed by atoms with van der Waals surface area (Å²) < 4.78 is 17.8. The Morgan fingerprint density at radius 3 is 2.77 bits per heavy atom. The fourth-order valence-corrected chi connectivity index (χ4v) is 3.32. The number of furan rings is 1. The second-order valence-electron chi connectivity index (χ2n) is 6.73. The fourth-order valence-electron chi connectivity index (χ4n) is 3.32. The van der Waals surface area contributed by atoms with Crippen molar-refractivity contribution in [2.45, 2.75) is 20.0 Å². The molecule has 0 N–H and O–H groups in total. The number of esters is 1. The van der Waals surface area contributed by atoms with Crippen molar-refractivity contribution in [3.63, 3.8) is 0 Å². The van der Waals surface area contributed by atoms with Gasteiger partial charge in [0.1, 0.15) is 29.6 Å². The number of hydrogen-bond acceptors (Lipinski definition) is 6. The van der Waals surface area contributed by atoms with Gasteiger partial charge in [0.15, 0.2) is 0 Å². The molecule has 0 unspecified atom stereocenters. The summed E-state index contributed by atoms with van der Waals surface area (Å²) in [6.45, 7) is 1.70. The summed E-state index contributed by atoms with van der Waals surface area (Å²) >= 11 is 0. The summed E-state index contributed by atoms with van der Waals surface area (Å²) in [6, 6.07) is 17.0. The fraction of sp³-hybridized carbons (Fsp3) is 0.174. The van der Waals surface area contributed by atoms with Crippen molar-refractivity contribution in [2.75, 3.05) is 7.11 Å². The Labute approximate surface area is 173 Å². The maximum atomic E-state index is 12.5. The highest BCUT2D eigenvalue weighted by atomic mass is 16.5. The number of hydrogen-bond donors (Lipinski definition) is 0. The van der Waals surface area contributed by atoms with Crippen LogP contribution in [0.4, 0.5) is 0 Å². The maximum absolute atomic E-state index is 12.5. The molecule has 2 aromatic carbocycles. The first-order valence-corrected chi connectivity index (χ1v) is 9.34. The van der Waals surface area contributed by atoms with Crippen molar-refractivity contribution >= 4 is 16.9 Å². The molecular weight excluding hydrogens is 382 g/mol. The molecule has 0 spiro atoms. The number of carbonyl (C=O) groups is 1. The van der Waals surface area contributed by atoms with Crippen molar-refractivity contribution in [3.8, 4) is 17.5 Å². The third-order valence-corrected chi connectivity index (χ3v) is 4.84. The Hall–Kier alpha value is -4.05. The number of nitrogens with zero attached hydrogens (tertiary/aromatic N) is 3. The molecule has 7 nitrogen and oxygen atoms in total. The van der Waals surface area contributed by atoms with Gasteiger partial charge in [0.2, 0.25) is 0 Å². The first kappa shape index (κ1) is 19.3. The topological polar surface area (TPSA) is 90.3 Å². The van der Waals surface area contributed by atoms with E-state index in [-0.39, 0.29) is 13.0 Å². The lowest BCUT2D eigenvalue weighted by molar-refractivity contribution is -0.144. The molecule has 4 rings (SSSR count). The van der Waals surface area contributed by atoms with Crippen LogP contribution in [0.25, 0.3) is 16.7 Å². The van der Waals surface area contributed by atoms with Crippen LogP contribution in [0.15, 0.2) is 59.2 Å². The Bertz CT molecular complexity index is 1250. The van der Waals surface area contributed by atoms with E-state index >= 15 is 0 Å². The average molecular weight is 401 g/mol. The highest BCUT2D eigenvalue weighted by Crippen LogP contribution is 2.26. The second-order valence-corrected chi connectivity index (χ2v) is 6.73. The lowest BCUT2D eigenvalue weighted by Gasteiger charge is -2.09. The van der Waals surface area contributed by atoms with Crippen molar-refractivity contribution in [2.24, 2.45) is 0 Å². The normalized spacial score (nSPS) is 10.7. The van der Waals surface area contributed by atoms with E-state index in [0.29, 0.717) is 28.3 Å². The number of para-hydroxylation sites is 1. The molecule has 2 aromatic heterocycles. The van der Waals surface area contributed by atoms with Gasteiger partial charge in [-0.2, -0.15) is 10.4 Å². The molecule has 7 heteroatoms. The van der Waals surface area contributed by atoms with E-state index in [2.05, 4.69) is 11.2 Å². The van der Waals surface area contributed by atoms with Crippen LogP contribution < -0.4 is 4.74 Å². The van der Waals surface area contributed by atoms with E-state index in [9.17, 15) is 10.1 Å². The monoisotopic (exact) mass is 401 g/mol. The van der Waals surface area contributed by atoms with Gasteiger partial charge in [-0.1, -0.05) is 18.2 Å². The number of benzene rings is 2. The van der Waals surface area contributed by atoms with Gasteiger partial charge in [-0.3, -0.25) is 4.79 Å². The highest BCUT2D eigenvalue weighted by molar-refractivity contribution is 5.86. The minimum Gasteiger partial charge on any atom is -0.497 e. The molecule has 0 fully saturated rings. The van der Waals surface area contributed by atoms with E-state index in [1.54, 1.807) is 31.0 Å². The van der Waals surface area contributed by atoms with Crippen molar-refractivity contribution in [3.05, 3.63) is 77.3 Å². The molecule has 0 radical (unpaired) electrons. The molecule has 0 amide bonds. The number of aryl methyl sites for hydroxylation is 1. The molecule has 0 aliphatic rings. The number of ether oxygens (including phenoxy) is 2. The van der Waals surface area contributed by atoms with E-state index in [1.807, 2.05) is 42.5 Å². The summed E-state index contributed by atoms with van der Waals surface area (Å²) in [6.07, 6.45) is 1.60. The van der Waals surface area contributed by atoms with Crippen LogP contribution in [0.2, 0.25) is 0 Å². The first-order chi connectivity index (χ1) is 14.6. The molecule has 0 saturated carbocycles. The number of methoxy groups -OCH3 is 1. The Morgan fingerprint density at radius 1 is 1.23 bits per heavy atom. The van der Waals surface area contributed by atoms with Crippen molar-refractivity contribution < 1.29 is 18.7 Å². The van der Waals surface area contributed by atoms with Crippen molar-refractivity contribution in [1.29, 1.82) is 5.26 Å². The van der Waals surface area contributed by atoms with Gasteiger partial charge in [-0.05, 0) is 31.2 Å². The van der Waals surface area contributed by atoms with E-state index < -0.39 is 5.97 Å². The zero-order valence-corrected chi connectivity index (χ0v) is 16.6. The van der Waals surface area contributed by atoms with Crippen LogP contribution in [0.1, 0.15) is 22.5 Å². The van der Waals surface area contributed by atoms with Gasteiger partial charge in [0, 0.05) is 17.0 Å². The minimum absolute atomic E-state index is 0.0545. The Balaban J connectivity index is 1.53. The second kappa shape index (κ2) is 8.13. The molecule has 0 bridgehead atoms. The van der Waals surface area contributed by atoms with Gasteiger partial charge in [-0.15, -0.1) is 0 Å². The summed E-state index contributed by atoms with van der Waals surface area (Å²) in [4.78, 5) is 12.5. The molecule has 0 saturated heterocycles. The average Bonchev–Trinajstić information content (AvgIpc) is 3.32. The molecule has 150 valence electrons. The molecule has 0 aliphatic heterocycles. The number of rotatable bonds is 6. The van der Waals surface area contributed by atoms with Crippen LogP contribution in [-0.4, -0.2) is 22.9 Å². The lowest BCUT2D eigenvalue weighted by Crippen LogP contribution is -2.11. The quantitative estimate of drug-likeness (QED) is 0.452. The predicted molar refractivity (Wildman–Crippen MR) is 109 cm³/mol. The molecule has 0 atom stereocenters. The van der Waals surface area contributed by atoms with E-state index in [0.717, 1.165) is 16.6 Å². The summed E-state index contributed by atoms with van der Waals surface area (Å²) in [5.41, 5.74) is 3.70. The molecule has 2 heterocycles. The van der Waals surface area contributed by atoms with Gasteiger partial charge < -0.3 is 13.9 Å². The van der Waals surface area contributed by atoms with Crippen LogP contribution >= 0.6 is 0 Å². The van der Waals surface area contributed by atoms with Crippen LogP contribution in [0.5, 0.6) is 5.75 Å². The van der Waals surface area contributed by atoms with Crippen LogP contribution in [0.3, 0.4) is 0 Å². The maximum Gasteiger partial charge on any atom is 0.310 e. The number of nitriles is 1. The van der Waals surface area contributed by atoms with Gasteiger partial charge in [0.05, 0.1) is 36.9 Å². The number of fused-ring (bicyclic) bond motifs is 1. The third-order valence-electron chi connectivity index (χ3n) is 4.84. The molecule has 4 aromatic rings. The molecular formula is C23H19N3O4. The summed E-state index contributed by atoms with van der Waals surface area (Å²) in [7, 11) is 1.58. The van der Waals surface area contributed by atoms with Gasteiger partial charge >= 0.3 is 5.97 Å². The van der Waals surface area contributed by atoms with Crippen molar-refractivity contribution in [1.82, 2.24) is 9.78 Å². The van der Waals surface area contributed by atoms with E-state index in [1.165, 1.54) is 0 Å². The standard InChI is InChI=1S/C23H19N3O4/c1-15-20(12-24)21(26(25-15)17-6-4-3-5-7-17)14-30-23(27)10-16-13-29-22-11-18(28-2)8-9-19(16)22/h3-9,11,13H,10,14H2,1-2H3. The largest absolute Gasteiger partial charge is 0.497 e. The zero-order valence-electron chi connectivity index (χ0n) is 16.6. The molecule has 30 heavy (non-hydrogen) atoms. The van der Waals surface area contributed by atoms with Crippen LogP contribution in [-0.2, 0) is 22.6 Å². The molecule has 0 aliphatic carbocycles. The number of aromatic nitrogens is 2. The summed E-state index contributed by atoms with van der Waals surface area (Å²) in [5, 5.41) is 14.8. The Kier molecular flexibility index (Phi) is 5.22. The minimum atomic E-state index is -0.420. The van der Waals surface area contributed by atoms with E-state index in [4.69, 9.17) is 13.9 Å². The van der Waals surface area contributed by atoms with Crippen LogP contribution in [0, 0.1) is 18.3 Å². The summed E-state index contributed by atoms with van der Waals surface area (Å²) in [5.74, 6) is 0.260. The zero-order chi connectivity index (χ0) is 21.1. The Morgan fingerprint density at radius 2 is 2.03 bits per heavy atom. The SMILES string of the molecule is COc1ccc2c(CC(=O)OCc3c(C#N)c(C)nn3-c3ccccc3)coc2c1. The van der Waals surface area contributed by atoms with Gasteiger partial charge in [-0.25, -0.2) is 4.68 Å². The predicted octanol–water partition coefficient (Wildman–Crippen LogP) is 4.09. The number of carbonyl (C=O) groups excluding carboxylic acids is 1. The third kappa shape index (κ3) is 3.63.